The summed E-state index contributed by atoms with van der Waals surface area (Å²) in [4.78, 5) is 25.3. The molecule has 0 aliphatic heterocycles. The fraction of sp³-hybridized carbons (Fsp3) is 0.0800. The SMILES string of the molecule is COc1cccc(C(=O)N/N=C/c2ccc(OC(=O)c3sc4ccccc4c3Cl)c(OC)c2)c1. The molecule has 1 N–H and O–H groups in total. The van der Waals surface area contributed by atoms with Crippen LogP contribution in [-0.2, 0) is 0 Å². The molecule has 0 aliphatic carbocycles. The molecular formula is C25H19ClN2O5S. The van der Waals surface area contributed by atoms with Gasteiger partial charge in [-0.3, -0.25) is 4.79 Å². The van der Waals surface area contributed by atoms with Crippen molar-refractivity contribution in [2.45, 2.75) is 0 Å². The van der Waals surface area contributed by atoms with E-state index in [2.05, 4.69) is 10.5 Å². The summed E-state index contributed by atoms with van der Waals surface area (Å²) in [6.45, 7) is 0. The Morgan fingerprint density at radius 2 is 1.79 bits per heavy atom. The van der Waals surface area contributed by atoms with E-state index < -0.39 is 5.97 Å². The van der Waals surface area contributed by atoms with Crippen molar-refractivity contribution in [3.63, 3.8) is 0 Å². The number of esters is 1. The summed E-state index contributed by atoms with van der Waals surface area (Å²) in [6.07, 6.45) is 1.45. The lowest BCUT2D eigenvalue weighted by molar-refractivity contribution is 0.0734. The highest BCUT2D eigenvalue weighted by Gasteiger charge is 2.20. The maximum atomic E-state index is 12.8. The quantitative estimate of drug-likeness (QED) is 0.157. The van der Waals surface area contributed by atoms with Crippen molar-refractivity contribution in [3.8, 4) is 17.2 Å². The summed E-state index contributed by atoms with van der Waals surface area (Å²) in [5.74, 6) is 0.181. The number of fused-ring (bicyclic) bond motifs is 1. The van der Waals surface area contributed by atoms with E-state index in [9.17, 15) is 9.59 Å². The third-order valence-corrected chi connectivity index (χ3v) is 6.48. The summed E-state index contributed by atoms with van der Waals surface area (Å²) < 4.78 is 16.9. The summed E-state index contributed by atoms with van der Waals surface area (Å²) in [7, 11) is 2.99. The second-order valence-electron chi connectivity index (χ2n) is 6.97. The lowest BCUT2D eigenvalue weighted by Gasteiger charge is -2.09. The largest absolute Gasteiger partial charge is 0.497 e. The maximum absolute atomic E-state index is 12.8. The molecule has 0 saturated heterocycles. The highest BCUT2D eigenvalue weighted by Crippen LogP contribution is 2.37. The van der Waals surface area contributed by atoms with Gasteiger partial charge in [-0.05, 0) is 48.0 Å². The minimum absolute atomic E-state index is 0.235. The Labute approximate surface area is 204 Å². The van der Waals surface area contributed by atoms with Crippen LogP contribution in [0.3, 0.4) is 0 Å². The minimum atomic E-state index is -0.573. The van der Waals surface area contributed by atoms with Crippen LogP contribution >= 0.6 is 22.9 Å². The van der Waals surface area contributed by atoms with Gasteiger partial charge in [0.1, 0.15) is 10.6 Å². The Hall–Kier alpha value is -3.88. The predicted molar refractivity (Wildman–Crippen MR) is 133 cm³/mol. The average Bonchev–Trinajstić information content (AvgIpc) is 3.21. The van der Waals surface area contributed by atoms with Crippen LogP contribution in [0.15, 0.2) is 71.8 Å². The first-order valence-electron chi connectivity index (χ1n) is 10.0. The number of thiophene rings is 1. The van der Waals surface area contributed by atoms with Crippen molar-refractivity contribution in [1.82, 2.24) is 5.43 Å². The number of hydrogen-bond acceptors (Lipinski definition) is 7. The van der Waals surface area contributed by atoms with E-state index in [0.29, 0.717) is 32.5 Å². The molecule has 172 valence electrons. The number of methoxy groups -OCH3 is 2. The zero-order valence-corrected chi connectivity index (χ0v) is 19.8. The van der Waals surface area contributed by atoms with Gasteiger partial charge in [0.25, 0.3) is 5.91 Å². The van der Waals surface area contributed by atoms with E-state index in [0.717, 1.165) is 10.1 Å². The number of hydrazone groups is 1. The molecule has 1 amide bonds. The monoisotopic (exact) mass is 494 g/mol. The molecule has 0 unspecified atom stereocenters. The molecule has 9 heteroatoms. The highest BCUT2D eigenvalue weighted by atomic mass is 35.5. The van der Waals surface area contributed by atoms with Gasteiger partial charge in [-0.15, -0.1) is 11.3 Å². The summed E-state index contributed by atoms with van der Waals surface area (Å²) in [6, 6.07) is 19.1. The molecule has 34 heavy (non-hydrogen) atoms. The Balaban J connectivity index is 1.46. The van der Waals surface area contributed by atoms with Gasteiger partial charge in [0.05, 0.1) is 25.5 Å². The normalized spacial score (nSPS) is 10.9. The molecule has 0 fully saturated rings. The van der Waals surface area contributed by atoms with Gasteiger partial charge >= 0.3 is 5.97 Å². The van der Waals surface area contributed by atoms with Crippen LogP contribution in [0.4, 0.5) is 0 Å². The van der Waals surface area contributed by atoms with Gasteiger partial charge in [0, 0.05) is 15.6 Å². The number of ether oxygens (including phenoxy) is 3. The van der Waals surface area contributed by atoms with Crippen LogP contribution in [0.5, 0.6) is 17.2 Å². The van der Waals surface area contributed by atoms with Gasteiger partial charge in [-0.25, -0.2) is 10.2 Å². The van der Waals surface area contributed by atoms with E-state index in [1.807, 2.05) is 24.3 Å². The Kier molecular flexibility index (Phi) is 7.10. The summed E-state index contributed by atoms with van der Waals surface area (Å²) >= 11 is 7.65. The average molecular weight is 495 g/mol. The van der Waals surface area contributed by atoms with Crippen molar-refractivity contribution in [2.75, 3.05) is 14.2 Å². The zero-order chi connectivity index (χ0) is 24.1. The fourth-order valence-electron chi connectivity index (χ4n) is 3.13. The van der Waals surface area contributed by atoms with Gasteiger partial charge in [0.15, 0.2) is 11.5 Å². The lowest BCUT2D eigenvalue weighted by Crippen LogP contribution is -2.17. The van der Waals surface area contributed by atoms with Gasteiger partial charge in [0.2, 0.25) is 0 Å². The maximum Gasteiger partial charge on any atom is 0.355 e. The van der Waals surface area contributed by atoms with Crippen LogP contribution in [0.25, 0.3) is 10.1 Å². The first-order chi connectivity index (χ1) is 16.5. The number of halogens is 1. The Morgan fingerprint density at radius 1 is 0.971 bits per heavy atom. The summed E-state index contributed by atoms with van der Waals surface area (Å²) in [5.41, 5.74) is 3.50. The van der Waals surface area contributed by atoms with Crippen LogP contribution < -0.4 is 19.6 Å². The number of carbonyl (C=O) groups is 2. The molecule has 3 aromatic carbocycles. The van der Waals surface area contributed by atoms with Gasteiger partial charge in [-0.2, -0.15) is 5.10 Å². The van der Waals surface area contributed by atoms with E-state index >= 15 is 0 Å². The molecule has 4 aromatic rings. The number of benzene rings is 3. The zero-order valence-electron chi connectivity index (χ0n) is 18.2. The number of carbonyl (C=O) groups excluding carboxylic acids is 2. The van der Waals surface area contributed by atoms with Crippen molar-refractivity contribution in [1.29, 1.82) is 0 Å². The molecule has 0 radical (unpaired) electrons. The van der Waals surface area contributed by atoms with Crippen molar-refractivity contribution >= 4 is 51.1 Å². The molecule has 0 saturated carbocycles. The smallest absolute Gasteiger partial charge is 0.355 e. The van der Waals surface area contributed by atoms with E-state index in [4.69, 9.17) is 25.8 Å². The van der Waals surface area contributed by atoms with Crippen molar-refractivity contribution in [2.24, 2.45) is 5.10 Å². The van der Waals surface area contributed by atoms with Crippen LogP contribution in [-0.4, -0.2) is 32.3 Å². The number of hydrogen-bond donors (Lipinski definition) is 1. The Morgan fingerprint density at radius 3 is 2.56 bits per heavy atom. The number of nitrogens with zero attached hydrogens (tertiary/aromatic N) is 1. The first kappa shape index (κ1) is 23.3. The van der Waals surface area contributed by atoms with E-state index in [-0.39, 0.29) is 11.7 Å². The van der Waals surface area contributed by atoms with Crippen LogP contribution in [0, 0.1) is 0 Å². The molecule has 0 aliphatic rings. The topological polar surface area (TPSA) is 86.2 Å². The number of nitrogens with one attached hydrogen (secondary N) is 1. The minimum Gasteiger partial charge on any atom is -0.497 e. The second-order valence-corrected chi connectivity index (χ2v) is 8.40. The number of rotatable bonds is 7. The molecule has 0 atom stereocenters. The number of amides is 1. The molecule has 0 bridgehead atoms. The molecule has 7 nitrogen and oxygen atoms in total. The third-order valence-electron chi connectivity index (χ3n) is 4.82. The van der Waals surface area contributed by atoms with Crippen molar-refractivity contribution < 1.29 is 23.8 Å². The van der Waals surface area contributed by atoms with Gasteiger partial charge in [-0.1, -0.05) is 35.9 Å². The standard InChI is InChI=1S/C25H19ClN2O5S/c1-31-17-7-5-6-16(13-17)24(29)28-27-14-15-10-11-19(20(12-15)32-2)33-25(30)23-22(26)18-8-3-4-9-21(18)34-23/h3-14H,1-2H3,(H,28,29)/b27-14+. The summed E-state index contributed by atoms with van der Waals surface area (Å²) in [5, 5.41) is 5.14. The molecular weight excluding hydrogens is 476 g/mol. The van der Waals surface area contributed by atoms with Crippen LogP contribution in [0.2, 0.25) is 5.02 Å². The predicted octanol–water partition coefficient (Wildman–Crippen LogP) is 5.56. The third kappa shape index (κ3) is 5.03. The molecule has 0 spiro atoms. The molecule has 4 rings (SSSR count). The van der Waals surface area contributed by atoms with E-state index in [1.54, 1.807) is 42.5 Å². The molecule has 1 heterocycles. The van der Waals surface area contributed by atoms with Crippen LogP contribution in [0.1, 0.15) is 25.6 Å². The highest BCUT2D eigenvalue weighted by molar-refractivity contribution is 7.21. The molecule has 1 aromatic heterocycles. The Bertz CT molecular complexity index is 1400. The second kappa shape index (κ2) is 10.4. The van der Waals surface area contributed by atoms with E-state index in [1.165, 1.54) is 31.8 Å². The first-order valence-corrected chi connectivity index (χ1v) is 11.2. The fourth-order valence-corrected chi connectivity index (χ4v) is 4.52. The van der Waals surface area contributed by atoms with Crippen molar-refractivity contribution in [3.05, 3.63) is 87.8 Å². The lowest BCUT2D eigenvalue weighted by atomic mass is 10.2. The van der Waals surface area contributed by atoms with Gasteiger partial charge < -0.3 is 14.2 Å².